The lowest BCUT2D eigenvalue weighted by atomic mass is 9.98. The van der Waals surface area contributed by atoms with Crippen molar-refractivity contribution in [3.63, 3.8) is 0 Å². The maximum absolute atomic E-state index is 11.4. The predicted molar refractivity (Wildman–Crippen MR) is 51.4 cm³/mol. The van der Waals surface area contributed by atoms with Gasteiger partial charge >= 0.3 is 0 Å². The predicted octanol–water partition coefficient (Wildman–Crippen LogP) is 0.968. The van der Waals surface area contributed by atoms with Crippen LogP contribution in [0.15, 0.2) is 11.6 Å². The Bertz CT molecular complexity index is 220. The molecular formula is C9H14ClNO2. The van der Waals surface area contributed by atoms with E-state index >= 15 is 0 Å². The molecule has 0 spiro atoms. The molecule has 1 saturated heterocycles. The van der Waals surface area contributed by atoms with Crippen molar-refractivity contribution in [3.05, 3.63) is 11.6 Å². The summed E-state index contributed by atoms with van der Waals surface area (Å²) in [6.07, 6.45) is 0.321. The molecule has 1 fully saturated rings. The summed E-state index contributed by atoms with van der Waals surface area (Å²) in [6.45, 7) is 6.40. The number of hydrogen-bond acceptors (Lipinski definition) is 2. The first kappa shape index (κ1) is 10.5. The van der Waals surface area contributed by atoms with Crippen LogP contribution in [0.1, 0.15) is 13.3 Å². The standard InChI is InChI=1S/C9H14ClNO2/c1-6-3-8(12)5-11(4-6)9(13)7(2)10/h6,8,12H,2-5H2,1H3/t6-,8+/m1/s1. The van der Waals surface area contributed by atoms with Crippen molar-refractivity contribution in [1.29, 1.82) is 0 Å². The number of rotatable bonds is 1. The fourth-order valence-electron chi connectivity index (χ4n) is 1.66. The molecule has 74 valence electrons. The average Bonchev–Trinajstić information content (AvgIpc) is 2.01. The Hall–Kier alpha value is -0.540. The lowest BCUT2D eigenvalue weighted by Gasteiger charge is -2.33. The second-order valence-corrected chi connectivity index (χ2v) is 4.07. The molecule has 0 aromatic rings. The van der Waals surface area contributed by atoms with Gasteiger partial charge in [0.15, 0.2) is 0 Å². The second kappa shape index (κ2) is 4.11. The van der Waals surface area contributed by atoms with Gasteiger partial charge in [-0.3, -0.25) is 4.79 Å². The molecule has 0 aromatic heterocycles. The Morgan fingerprint density at radius 2 is 2.23 bits per heavy atom. The third-order valence-corrected chi connectivity index (χ3v) is 2.32. The Morgan fingerprint density at radius 1 is 1.62 bits per heavy atom. The minimum absolute atomic E-state index is 0.0151. The summed E-state index contributed by atoms with van der Waals surface area (Å²) in [5.41, 5.74) is 0. The maximum Gasteiger partial charge on any atom is 0.264 e. The van der Waals surface area contributed by atoms with E-state index in [-0.39, 0.29) is 10.9 Å². The Balaban J connectivity index is 2.60. The number of carbonyl (C=O) groups excluding carboxylic acids is 1. The van der Waals surface area contributed by atoms with Crippen LogP contribution in [0.25, 0.3) is 0 Å². The molecule has 0 unspecified atom stereocenters. The number of piperidine rings is 1. The molecule has 4 heteroatoms. The monoisotopic (exact) mass is 203 g/mol. The SMILES string of the molecule is C=C(Cl)C(=O)N1C[C@H](C)C[C@H](O)C1. The molecule has 1 rings (SSSR count). The molecule has 1 aliphatic rings. The van der Waals surface area contributed by atoms with Crippen LogP contribution in [-0.4, -0.2) is 35.1 Å². The number of halogens is 1. The molecule has 2 atom stereocenters. The van der Waals surface area contributed by atoms with Crippen LogP contribution in [0.5, 0.6) is 0 Å². The van der Waals surface area contributed by atoms with Crippen molar-refractivity contribution in [1.82, 2.24) is 4.90 Å². The van der Waals surface area contributed by atoms with Gasteiger partial charge in [0.2, 0.25) is 0 Å². The van der Waals surface area contributed by atoms with Crippen LogP contribution in [0.4, 0.5) is 0 Å². The maximum atomic E-state index is 11.4. The van der Waals surface area contributed by atoms with Crippen molar-refractivity contribution < 1.29 is 9.90 Å². The van der Waals surface area contributed by atoms with Crippen molar-refractivity contribution in [2.24, 2.45) is 5.92 Å². The quantitative estimate of drug-likeness (QED) is 0.646. The Labute approximate surface area is 83.0 Å². The molecule has 0 aromatic carbocycles. The van der Waals surface area contributed by atoms with Crippen LogP contribution < -0.4 is 0 Å². The number of amides is 1. The van der Waals surface area contributed by atoms with Gasteiger partial charge in [-0.05, 0) is 12.3 Å². The summed E-state index contributed by atoms with van der Waals surface area (Å²) in [6, 6.07) is 0. The van der Waals surface area contributed by atoms with Crippen molar-refractivity contribution in [2.45, 2.75) is 19.4 Å². The normalized spacial score (nSPS) is 28.7. The molecule has 0 bridgehead atoms. The molecule has 0 saturated carbocycles. The Kier molecular flexibility index (Phi) is 3.33. The van der Waals surface area contributed by atoms with Crippen molar-refractivity contribution in [3.8, 4) is 0 Å². The van der Waals surface area contributed by atoms with E-state index < -0.39 is 6.10 Å². The minimum atomic E-state index is -0.427. The second-order valence-electron chi connectivity index (χ2n) is 3.61. The molecular weight excluding hydrogens is 190 g/mol. The minimum Gasteiger partial charge on any atom is -0.391 e. The summed E-state index contributed by atoms with van der Waals surface area (Å²) < 4.78 is 0. The summed E-state index contributed by atoms with van der Waals surface area (Å²) in [7, 11) is 0. The molecule has 1 aliphatic heterocycles. The molecule has 1 amide bonds. The molecule has 1 N–H and O–H groups in total. The Morgan fingerprint density at radius 3 is 2.69 bits per heavy atom. The number of nitrogens with zero attached hydrogens (tertiary/aromatic N) is 1. The van der Waals surface area contributed by atoms with Crippen molar-refractivity contribution in [2.75, 3.05) is 13.1 Å². The summed E-state index contributed by atoms with van der Waals surface area (Å²) in [4.78, 5) is 12.9. The molecule has 0 radical (unpaired) electrons. The van der Waals surface area contributed by atoms with E-state index in [0.717, 1.165) is 6.42 Å². The van der Waals surface area contributed by atoms with Gasteiger partial charge in [0.25, 0.3) is 5.91 Å². The largest absolute Gasteiger partial charge is 0.391 e. The number of likely N-dealkylation sites (tertiary alicyclic amines) is 1. The smallest absolute Gasteiger partial charge is 0.264 e. The average molecular weight is 204 g/mol. The van der Waals surface area contributed by atoms with Gasteiger partial charge in [-0.25, -0.2) is 0 Å². The zero-order chi connectivity index (χ0) is 10.0. The number of carbonyl (C=O) groups is 1. The van der Waals surface area contributed by atoms with E-state index in [2.05, 4.69) is 6.58 Å². The van der Waals surface area contributed by atoms with Crippen LogP contribution in [0.2, 0.25) is 0 Å². The third kappa shape index (κ3) is 2.71. The van der Waals surface area contributed by atoms with Gasteiger partial charge in [-0.1, -0.05) is 25.1 Å². The number of aliphatic hydroxyl groups is 1. The molecule has 0 aliphatic carbocycles. The van der Waals surface area contributed by atoms with Crippen LogP contribution in [0, 0.1) is 5.92 Å². The molecule has 3 nitrogen and oxygen atoms in total. The molecule has 1 heterocycles. The van der Waals surface area contributed by atoms with E-state index in [1.165, 1.54) is 0 Å². The zero-order valence-electron chi connectivity index (χ0n) is 7.66. The first-order valence-electron chi connectivity index (χ1n) is 4.32. The highest BCUT2D eigenvalue weighted by Gasteiger charge is 2.26. The first-order chi connectivity index (χ1) is 6.00. The van der Waals surface area contributed by atoms with E-state index in [1.54, 1.807) is 4.90 Å². The van der Waals surface area contributed by atoms with Gasteiger partial charge < -0.3 is 10.0 Å². The summed E-state index contributed by atoms with van der Waals surface area (Å²) >= 11 is 5.49. The lowest BCUT2D eigenvalue weighted by Crippen LogP contribution is -2.45. The fraction of sp³-hybridized carbons (Fsp3) is 0.667. The van der Waals surface area contributed by atoms with Gasteiger partial charge in [0.1, 0.15) is 0 Å². The highest BCUT2D eigenvalue weighted by molar-refractivity contribution is 6.41. The molecule has 13 heavy (non-hydrogen) atoms. The van der Waals surface area contributed by atoms with E-state index in [1.807, 2.05) is 6.92 Å². The summed E-state index contributed by atoms with van der Waals surface area (Å²) in [5, 5.41) is 9.43. The first-order valence-corrected chi connectivity index (χ1v) is 4.70. The zero-order valence-corrected chi connectivity index (χ0v) is 8.42. The number of aliphatic hydroxyl groups excluding tert-OH is 1. The van der Waals surface area contributed by atoms with Gasteiger partial charge in [-0.2, -0.15) is 0 Å². The highest BCUT2D eigenvalue weighted by atomic mass is 35.5. The highest BCUT2D eigenvalue weighted by Crippen LogP contribution is 2.18. The van der Waals surface area contributed by atoms with Gasteiger partial charge in [0, 0.05) is 13.1 Å². The van der Waals surface area contributed by atoms with Crippen LogP contribution in [-0.2, 0) is 4.79 Å². The van der Waals surface area contributed by atoms with Crippen LogP contribution in [0.3, 0.4) is 0 Å². The number of β-amino-alcohol motifs (C(OH)–C–C–N with tert-alkyl or cyclic N) is 1. The van der Waals surface area contributed by atoms with E-state index in [9.17, 15) is 9.90 Å². The number of hydrogen-bond donors (Lipinski definition) is 1. The summed E-state index contributed by atoms with van der Waals surface area (Å²) in [5.74, 6) is 0.0518. The van der Waals surface area contributed by atoms with Gasteiger partial charge in [-0.15, -0.1) is 0 Å². The van der Waals surface area contributed by atoms with E-state index in [4.69, 9.17) is 11.6 Å². The van der Waals surface area contributed by atoms with Crippen LogP contribution >= 0.6 is 11.6 Å². The fourth-order valence-corrected chi connectivity index (χ4v) is 1.78. The topological polar surface area (TPSA) is 40.5 Å². The third-order valence-electron chi connectivity index (χ3n) is 2.16. The lowest BCUT2D eigenvalue weighted by molar-refractivity contribution is -0.130. The van der Waals surface area contributed by atoms with E-state index in [0.29, 0.717) is 19.0 Å². The van der Waals surface area contributed by atoms with Crippen molar-refractivity contribution >= 4 is 17.5 Å². The van der Waals surface area contributed by atoms with Gasteiger partial charge in [0.05, 0.1) is 11.1 Å².